The van der Waals surface area contributed by atoms with Gasteiger partial charge in [0.05, 0.1) is 0 Å². The molecule has 0 saturated carbocycles. The second kappa shape index (κ2) is 6.61. The Hall–Kier alpha value is -0.820. The van der Waals surface area contributed by atoms with E-state index in [1.165, 1.54) is 31.2 Å². The number of benzene rings is 1. The lowest BCUT2D eigenvalue weighted by molar-refractivity contribution is 0.498. The molecule has 0 amide bonds. The zero-order valence-electron chi connectivity index (χ0n) is 9.08. The minimum Gasteiger partial charge on any atom is -0.330 e. The molecular formula is C13H21N. The zero-order chi connectivity index (χ0) is 10.2. The summed E-state index contributed by atoms with van der Waals surface area (Å²) in [6.07, 6.45) is 4.93. The predicted molar refractivity (Wildman–Crippen MR) is 62.2 cm³/mol. The molecule has 0 heterocycles. The smallest absolute Gasteiger partial charge is 0.00773 e. The molecule has 1 atom stereocenters. The van der Waals surface area contributed by atoms with Crippen LogP contribution in [0.3, 0.4) is 0 Å². The van der Waals surface area contributed by atoms with Crippen LogP contribution in [0.4, 0.5) is 0 Å². The third kappa shape index (κ3) is 4.43. The molecule has 14 heavy (non-hydrogen) atoms. The summed E-state index contributed by atoms with van der Waals surface area (Å²) in [4.78, 5) is 0. The van der Waals surface area contributed by atoms with E-state index in [9.17, 15) is 0 Å². The molecule has 1 aromatic carbocycles. The van der Waals surface area contributed by atoms with E-state index in [1.807, 2.05) is 0 Å². The molecule has 0 spiro atoms. The molecule has 0 saturated heterocycles. The minimum atomic E-state index is 0.781. The van der Waals surface area contributed by atoms with E-state index in [4.69, 9.17) is 5.73 Å². The summed E-state index contributed by atoms with van der Waals surface area (Å²) >= 11 is 0. The summed E-state index contributed by atoms with van der Waals surface area (Å²) < 4.78 is 0. The monoisotopic (exact) mass is 191 g/mol. The van der Waals surface area contributed by atoms with Crippen LogP contribution in [0.15, 0.2) is 30.3 Å². The van der Waals surface area contributed by atoms with E-state index < -0.39 is 0 Å². The Balaban J connectivity index is 2.23. The second-order valence-corrected chi connectivity index (χ2v) is 4.08. The number of unbranched alkanes of at least 4 members (excludes halogenated alkanes) is 1. The zero-order valence-corrected chi connectivity index (χ0v) is 9.08. The van der Waals surface area contributed by atoms with Crippen LogP contribution in [0.1, 0.15) is 31.7 Å². The molecule has 1 aromatic rings. The lowest BCUT2D eigenvalue weighted by Crippen LogP contribution is -2.03. The third-order valence-corrected chi connectivity index (χ3v) is 2.58. The fourth-order valence-electron chi connectivity index (χ4n) is 1.76. The van der Waals surface area contributed by atoms with Gasteiger partial charge < -0.3 is 5.73 Å². The second-order valence-electron chi connectivity index (χ2n) is 4.08. The minimum absolute atomic E-state index is 0.781. The van der Waals surface area contributed by atoms with Gasteiger partial charge >= 0.3 is 0 Å². The Morgan fingerprint density at radius 3 is 2.50 bits per heavy atom. The summed E-state index contributed by atoms with van der Waals surface area (Å²) in [5.41, 5.74) is 6.92. The van der Waals surface area contributed by atoms with Crippen molar-refractivity contribution in [1.82, 2.24) is 0 Å². The van der Waals surface area contributed by atoms with E-state index in [-0.39, 0.29) is 0 Å². The number of rotatable bonds is 6. The molecule has 78 valence electrons. The van der Waals surface area contributed by atoms with Gasteiger partial charge in [-0.25, -0.2) is 0 Å². The van der Waals surface area contributed by atoms with Gasteiger partial charge in [0.25, 0.3) is 0 Å². The van der Waals surface area contributed by atoms with Crippen LogP contribution in [-0.2, 0) is 6.42 Å². The van der Waals surface area contributed by atoms with Crippen molar-refractivity contribution in [1.29, 1.82) is 0 Å². The summed E-state index contributed by atoms with van der Waals surface area (Å²) in [7, 11) is 0. The fraction of sp³-hybridized carbons (Fsp3) is 0.538. The maximum Gasteiger partial charge on any atom is -0.00773 e. The summed E-state index contributed by atoms with van der Waals surface area (Å²) in [6.45, 7) is 3.15. The fourth-order valence-corrected chi connectivity index (χ4v) is 1.76. The lowest BCUT2D eigenvalue weighted by Gasteiger charge is -2.10. The average molecular weight is 191 g/mol. The van der Waals surface area contributed by atoms with Crippen LogP contribution >= 0.6 is 0 Å². The van der Waals surface area contributed by atoms with Crippen molar-refractivity contribution in [2.75, 3.05) is 6.54 Å². The average Bonchev–Trinajstić information content (AvgIpc) is 2.20. The molecule has 2 N–H and O–H groups in total. The number of nitrogens with two attached hydrogens (primary N) is 1. The molecule has 0 aliphatic carbocycles. The van der Waals surface area contributed by atoms with Gasteiger partial charge in [-0.2, -0.15) is 0 Å². The van der Waals surface area contributed by atoms with Crippen molar-refractivity contribution in [3.63, 3.8) is 0 Å². The van der Waals surface area contributed by atoms with Gasteiger partial charge in [-0.05, 0) is 30.9 Å². The Kier molecular flexibility index (Phi) is 5.31. The SMILES string of the molecule is CC(CCCCN)Cc1ccccc1. The first-order chi connectivity index (χ1) is 6.83. The standard InChI is InChI=1S/C13H21N/c1-12(7-5-6-10-14)11-13-8-3-2-4-9-13/h2-4,8-9,12H,5-7,10-11,14H2,1H3. The van der Waals surface area contributed by atoms with Crippen molar-refractivity contribution in [3.8, 4) is 0 Å². The highest BCUT2D eigenvalue weighted by atomic mass is 14.5. The molecule has 0 radical (unpaired) electrons. The molecule has 0 aliphatic rings. The Morgan fingerprint density at radius 1 is 1.14 bits per heavy atom. The molecule has 0 fully saturated rings. The molecular weight excluding hydrogens is 170 g/mol. The maximum absolute atomic E-state index is 5.47. The first kappa shape index (κ1) is 11.3. The van der Waals surface area contributed by atoms with E-state index in [0.717, 1.165) is 12.5 Å². The third-order valence-electron chi connectivity index (χ3n) is 2.58. The Labute approximate surface area is 87.3 Å². The predicted octanol–water partition coefficient (Wildman–Crippen LogP) is 2.99. The van der Waals surface area contributed by atoms with Crippen LogP contribution in [0.2, 0.25) is 0 Å². The number of hydrogen-bond donors (Lipinski definition) is 1. The summed E-state index contributed by atoms with van der Waals surface area (Å²) in [5, 5.41) is 0. The quantitative estimate of drug-likeness (QED) is 0.687. The van der Waals surface area contributed by atoms with Crippen LogP contribution < -0.4 is 5.73 Å². The van der Waals surface area contributed by atoms with Crippen molar-refractivity contribution in [3.05, 3.63) is 35.9 Å². The van der Waals surface area contributed by atoms with Crippen LogP contribution in [-0.4, -0.2) is 6.54 Å². The molecule has 0 aromatic heterocycles. The van der Waals surface area contributed by atoms with Crippen molar-refractivity contribution in [2.24, 2.45) is 11.7 Å². The first-order valence-corrected chi connectivity index (χ1v) is 5.57. The summed E-state index contributed by atoms with van der Waals surface area (Å²) in [5.74, 6) is 0.781. The van der Waals surface area contributed by atoms with Crippen LogP contribution in [0, 0.1) is 5.92 Å². The van der Waals surface area contributed by atoms with Crippen molar-refractivity contribution >= 4 is 0 Å². The topological polar surface area (TPSA) is 26.0 Å². The van der Waals surface area contributed by atoms with E-state index in [2.05, 4.69) is 37.3 Å². The maximum atomic E-state index is 5.47. The molecule has 0 aliphatic heterocycles. The lowest BCUT2D eigenvalue weighted by atomic mass is 9.96. The van der Waals surface area contributed by atoms with Gasteiger partial charge in [0.15, 0.2) is 0 Å². The van der Waals surface area contributed by atoms with E-state index >= 15 is 0 Å². The van der Waals surface area contributed by atoms with E-state index in [1.54, 1.807) is 0 Å². The van der Waals surface area contributed by atoms with E-state index in [0.29, 0.717) is 0 Å². The molecule has 0 bridgehead atoms. The normalized spacial score (nSPS) is 12.7. The van der Waals surface area contributed by atoms with Gasteiger partial charge in [0, 0.05) is 0 Å². The van der Waals surface area contributed by atoms with Gasteiger partial charge in [-0.3, -0.25) is 0 Å². The van der Waals surface area contributed by atoms with Crippen molar-refractivity contribution in [2.45, 2.75) is 32.6 Å². The highest BCUT2D eigenvalue weighted by molar-refractivity contribution is 5.14. The van der Waals surface area contributed by atoms with Crippen LogP contribution in [0.25, 0.3) is 0 Å². The molecule has 1 unspecified atom stereocenters. The Bertz CT molecular complexity index is 230. The van der Waals surface area contributed by atoms with Crippen molar-refractivity contribution < 1.29 is 0 Å². The molecule has 1 heteroatoms. The van der Waals surface area contributed by atoms with Gasteiger partial charge in [-0.1, -0.05) is 50.1 Å². The van der Waals surface area contributed by atoms with Gasteiger partial charge in [0.1, 0.15) is 0 Å². The first-order valence-electron chi connectivity index (χ1n) is 5.57. The number of hydrogen-bond acceptors (Lipinski definition) is 1. The molecule has 1 rings (SSSR count). The highest BCUT2D eigenvalue weighted by Gasteiger charge is 2.02. The highest BCUT2D eigenvalue weighted by Crippen LogP contribution is 2.13. The van der Waals surface area contributed by atoms with Crippen LogP contribution in [0.5, 0.6) is 0 Å². The molecule has 1 nitrogen and oxygen atoms in total. The van der Waals surface area contributed by atoms with Gasteiger partial charge in [0.2, 0.25) is 0 Å². The largest absolute Gasteiger partial charge is 0.330 e. The Morgan fingerprint density at radius 2 is 1.86 bits per heavy atom. The summed E-state index contributed by atoms with van der Waals surface area (Å²) in [6, 6.07) is 10.7. The van der Waals surface area contributed by atoms with Gasteiger partial charge in [-0.15, -0.1) is 0 Å².